The molecule has 2 aromatic rings. The Balaban J connectivity index is 1.39. The Bertz CT molecular complexity index is 691. The number of anilines is 1. The summed E-state index contributed by atoms with van der Waals surface area (Å²) in [7, 11) is 0. The van der Waals surface area contributed by atoms with Gasteiger partial charge in [0.05, 0.1) is 24.6 Å². The predicted octanol–water partition coefficient (Wildman–Crippen LogP) is 1.70. The average Bonchev–Trinajstić information content (AvgIpc) is 3.23. The van der Waals surface area contributed by atoms with E-state index in [1.54, 1.807) is 12.4 Å². The Morgan fingerprint density at radius 2 is 1.96 bits per heavy atom. The second-order valence-electron chi connectivity index (χ2n) is 6.98. The van der Waals surface area contributed by atoms with Crippen LogP contribution in [0.1, 0.15) is 30.7 Å². The van der Waals surface area contributed by atoms with Gasteiger partial charge in [0.25, 0.3) is 0 Å². The molecule has 2 fully saturated rings. The van der Waals surface area contributed by atoms with Gasteiger partial charge in [0.15, 0.2) is 0 Å². The van der Waals surface area contributed by atoms with Gasteiger partial charge in [0.2, 0.25) is 5.95 Å². The van der Waals surface area contributed by atoms with E-state index in [1.165, 1.54) is 12.8 Å². The van der Waals surface area contributed by atoms with Crippen LogP contribution < -0.4 is 4.90 Å². The zero-order chi connectivity index (χ0) is 17.6. The van der Waals surface area contributed by atoms with Crippen LogP contribution in [0, 0.1) is 0 Å². The van der Waals surface area contributed by atoms with Gasteiger partial charge in [-0.2, -0.15) is 0 Å². The van der Waals surface area contributed by atoms with Crippen molar-refractivity contribution < 1.29 is 4.74 Å². The topological polar surface area (TPSA) is 67.3 Å². The van der Waals surface area contributed by atoms with Crippen LogP contribution in [0.3, 0.4) is 0 Å². The van der Waals surface area contributed by atoms with Gasteiger partial charge in [-0.05, 0) is 31.7 Å². The molecule has 2 saturated heterocycles. The highest BCUT2D eigenvalue weighted by Gasteiger charge is 2.24. The van der Waals surface area contributed by atoms with Crippen molar-refractivity contribution in [1.82, 2.24) is 24.8 Å². The lowest BCUT2D eigenvalue weighted by Gasteiger charge is -2.35. The van der Waals surface area contributed by atoms with Gasteiger partial charge >= 0.3 is 0 Å². The van der Waals surface area contributed by atoms with E-state index in [2.05, 4.69) is 24.8 Å². The minimum Gasteiger partial charge on any atom is -0.378 e. The summed E-state index contributed by atoms with van der Waals surface area (Å²) in [6.07, 6.45) is 11.6. The van der Waals surface area contributed by atoms with E-state index in [4.69, 9.17) is 9.72 Å². The molecule has 0 bridgehead atoms. The Morgan fingerprint density at radius 3 is 2.81 bits per heavy atom. The van der Waals surface area contributed by atoms with Crippen LogP contribution in [0.5, 0.6) is 0 Å². The molecule has 2 aliphatic rings. The molecule has 0 N–H and O–H groups in total. The van der Waals surface area contributed by atoms with E-state index in [9.17, 15) is 0 Å². The van der Waals surface area contributed by atoms with Gasteiger partial charge in [0.1, 0.15) is 0 Å². The second-order valence-corrected chi connectivity index (χ2v) is 6.98. The van der Waals surface area contributed by atoms with Crippen LogP contribution in [0.4, 0.5) is 5.95 Å². The molecule has 2 aromatic heterocycles. The fourth-order valence-corrected chi connectivity index (χ4v) is 3.69. The molecule has 2 aliphatic heterocycles. The SMILES string of the molecule is c1cnc(CCC2COCCN2Cc2ccnc(N3CCCC3)n2)cn1. The van der Waals surface area contributed by atoms with E-state index >= 15 is 0 Å². The monoisotopic (exact) mass is 354 g/mol. The summed E-state index contributed by atoms with van der Waals surface area (Å²) in [5.41, 5.74) is 2.13. The molecule has 0 amide bonds. The van der Waals surface area contributed by atoms with E-state index in [-0.39, 0.29) is 0 Å². The minimum atomic E-state index is 0.385. The summed E-state index contributed by atoms with van der Waals surface area (Å²) in [6, 6.07) is 2.42. The van der Waals surface area contributed by atoms with Crippen molar-refractivity contribution in [3.05, 3.63) is 42.2 Å². The maximum Gasteiger partial charge on any atom is 0.225 e. The summed E-state index contributed by atoms with van der Waals surface area (Å²) < 4.78 is 5.72. The lowest BCUT2D eigenvalue weighted by atomic mass is 10.1. The van der Waals surface area contributed by atoms with Gasteiger partial charge in [0, 0.05) is 57.0 Å². The largest absolute Gasteiger partial charge is 0.378 e. The molecule has 26 heavy (non-hydrogen) atoms. The average molecular weight is 354 g/mol. The van der Waals surface area contributed by atoms with Crippen molar-refractivity contribution >= 4 is 5.95 Å². The molecule has 4 heterocycles. The number of hydrogen-bond acceptors (Lipinski definition) is 7. The molecule has 1 atom stereocenters. The number of rotatable bonds is 6. The molecule has 138 valence electrons. The summed E-state index contributed by atoms with van der Waals surface area (Å²) in [6.45, 7) is 5.48. The van der Waals surface area contributed by atoms with Crippen LogP contribution in [-0.2, 0) is 17.7 Å². The third-order valence-electron chi connectivity index (χ3n) is 5.15. The van der Waals surface area contributed by atoms with Gasteiger partial charge in [-0.3, -0.25) is 14.9 Å². The molecule has 1 unspecified atom stereocenters. The first-order chi connectivity index (χ1) is 12.9. The van der Waals surface area contributed by atoms with Crippen LogP contribution in [0.15, 0.2) is 30.9 Å². The third kappa shape index (κ3) is 4.34. The molecule has 0 aromatic carbocycles. The van der Waals surface area contributed by atoms with Crippen LogP contribution >= 0.6 is 0 Å². The Hall–Kier alpha value is -2.12. The second kappa shape index (κ2) is 8.51. The summed E-state index contributed by atoms with van der Waals surface area (Å²) in [4.78, 5) is 22.6. The lowest BCUT2D eigenvalue weighted by molar-refractivity contribution is -0.0149. The van der Waals surface area contributed by atoms with Crippen LogP contribution in [0.25, 0.3) is 0 Å². The van der Waals surface area contributed by atoms with Gasteiger partial charge in [-0.15, -0.1) is 0 Å². The third-order valence-corrected chi connectivity index (χ3v) is 5.15. The van der Waals surface area contributed by atoms with Crippen molar-refractivity contribution in [3.8, 4) is 0 Å². The summed E-state index contributed by atoms with van der Waals surface area (Å²) in [5, 5.41) is 0. The fraction of sp³-hybridized carbons (Fsp3) is 0.579. The number of nitrogens with zero attached hydrogens (tertiary/aromatic N) is 6. The van der Waals surface area contributed by atoms with Crippen molar-refractivity contribution in [2.75, 3.05) is 37.7 Å². The van der Waals surface area contributed by atoms with Crippen LogP contribution in [0.2, 0.25) is 0 Å². The first kappa shape index (κ1) is 17.3. The maximum absolute atomic E-state index is 5.72. The van der Waals surface area contributed by atoms with Crippen molar-refractivity contribution in [2.24, 2.45) is 0 Å². The quantitative estimate of drug-likeness (QED) is 0.782. The molecule has 0 aliphatic carbocycles. The van der Waals surface area contributed by atoms with E-state index in [0.717, 1.165) is 69.6 Å². The Kier molecular flexibility index (Phi) is 5.66. The van der Waals surface area contributed by atoms with Crippen molar-refractivity contribution in [3.63, 3.8) is 0 Å². The molecule has 0 spiro atoms. The lowest BCUT2D eigenvalue weighted by Crippen LogP contribution is -2.45. The predicted molar refractivity (Wildman–Crippen MR) is 98.8 cm³/mol. The van der Waals surface area contributed by atoms with E-state index < -0.39 is 0 Å². The zero-order valence-corrected chi connectivity index (χ0v) is 15.1. The fourth-order valence-electron chi connectivity index (χ4n) is 3.69. The van der Waals surface area contributed by atoms with E-state index in [1.807, 2.05) is 18.5 Å². The van der Waals surface area contributed by atoms with Gasteiger partial charge in [-0.25, -0.2) is 9.97 Å². The molecule has 7 nitrogen and oxygen atoms in total. The highest BCUT2D eigenvalue weighted by molar-refractivity contribution is 5.31. The Labute approximate surface area is 154 Å². The number of ether oxygens (including phenoxy) is 1. The Morgan fingerprint density at radius 1 is 1.04 bits per heavy atom. The standard InChI is InChI=1S/C19H26N6O/c1-2-10-24(9-1)19-22-6-5-17(23-19)14-25-11-12-26-15-18(25)4-3-16-13-20-7-8-21-16/h5-8,13,18H,1-4,9-12,14-15H2. The zero-order valence-electron chi connectivity index (χ0n) is 15.1. The van der Waals surface area contributed by atoms with E-state index in [0.29, 0.717) is 6.04 Å². The number of aryl methyl sites for hydroxylation is 1. The smallest absolute Gasteiger partial charge is 0.225 e. The molecular weight excluding hydrogens is 328 g/mol. The van der Waals surface area contributed by atoms with Crippen molar-refractivity contribution in [1.29, 1.82) is 0 Å². The summed E-state index contributed by atoms with van der Waals surface area (Å²) in [5.74, 6) is 0.879. The van der Waals surface area contributed by atoms with Gasteiger partial charge < -0.3 is 9.64 Å². The highest BCUT2D eigenvalue weighted by atomic mass is 16.5. The minimum absolute atomic E-state index is 0.385. The number of morpholine rings is 1. The molecular formula is C19H26N6O. The normalized spacial score (nSPS) is 21.2. The molecule has 0 radical (unpaired) electrons. The molecule has 4 rings (SSSR count). The molecule has 7 heteroatoms. The summed E-state index contributed by atoms with van der Waals surface area (Å²) >= 11 is 0. The van der Waals surface area contributed by atoms with Crippen molar-refractivity contribution in [2.45, 2.75) is 38.3 Å². The first-order valence-electron chi connectivity index (χ1n) is 9.52. The van der Waals surface area contributed by atoms with Gasteiger partial charge in [-0.1, -0.05) is 0 Å². The number of hydrogen-bond donors (Lipinski definition) is 0. The highest BCUT2D eigenvalue weighted by Crippen LogP contribution is 2.18. The number of aromatic nitrogens is 4. The molecule has 0 saturated carbocycles. The first-order valence-corrected chi connectivity index (χ1v) is 9.52. The van der Waals surface area contributed by atoms with Crippen LogP contribution in [-0.4, -0.2) is 63.7 Å². The maximum atomic E-state index is 5.72.